The molecule has 0 saturated heterocycles. The van der Waals surface area contributed by atoms with Crippen molar-refractivity contribution in [1.29, 1.82) is 0 Å². The Hall–Kier alpha value is -1.65. The van der Waals surface area contributed by atoms with Crippen molar-refractivity contribution in [3.05, 3.63) is 58.5 Å². The highest BCUT2D eigenvalue weighted by molar-refractivity contribution is 7.10. The first-order valence-corrected chi connectivity index (χ1v) is 6.13. The van der Waals surface area contributed by atoms with E-state index >= 15 is 0 Å². The summed E-state index contributed by atoms with van der Waals surface area (Å²) in [6, 6.07) is 2.01. The molecule has 0 amide bonds. The number of hydrogen-bond donors (Lipinski definition) is 2. The highest BCUT2D eigenvalue weighted by Crippen LogP contribution is 2.13. The third kappa shape index (κ3) is 4.38. The van der Waals surface area contributed by atoms with Crippen molar-refractivity contribution in [2.75, 3.05) is 6.54 Å². The van der Waals surface area contributed by atoms with E-state index in [1.165, 1.54) is 4.88 Å². The van der Waals surface area contributed by atoms with E-state index in [4.69, 9.17) is 11.5 Å². The average molecular weight is 247 g/mol. The molecule has 0 aliphatic carbocycles. The van der Waals surface area contributed by atoms with Crippen LogP contribution in [0.2, 0.25) is 0 Å². The molecule has 0 saturated carbocycles. The lowest BCUT2D eigenvalue weighted by Gasteiger charge is -1.99. The van der Waals surface area contributed by atoms with Crippen molar-refractivity contribution >= 4 is 17.2 Å². The van der Waals surface area contributed by atoms with E-state index in [1.807, 2.05) is 36.6 Å². The monoisotopic (exact) mass is 247 g/mol. The fourth-order valence-corrected chi connectivity index (χ4v) is 1.89. The van der Waals surface area contributed by atoms with Crippen LogP contribution in [0.4, 0.5) is 0 Å². The summed E-state index contributed by atoms with van der Waals surface area (Å²) in [5, 5.41) is 1.99. The van der Waals surface area contributed by atoms with E-state index in [1.54, 1.807) is 17.4 Å². The second-order valence-electron chi connectivity index (χ2n) is 3.43. The number of allylic oxidation sites excluding steroid dienone is 4. The third-order valence-electron chi connectivity index (χ3n) is 2.04. The first-order chi connectivity index (χ1) is 8.17. The van der Waals surface area contributed by atoms with Gasteiger partial charge in [-0.1, -0.05) is 24.8 Å². The molecule has 4 heteroatoms. The number of rotatable bonds is 5. The number of thiophene rings is 1. The largest absolute Gasteiger partial charge is 0.383 e. The Morgan fingerprint density at radius 2 is 2.29 bits per heavy atom. The first kappa shape index (κ1) is 13.4. The van der Waals surface area contributed by atoms with Crippen LogP contribution in [-0.4, -0.2) is 12.4 Å². The van der Waals surface area contributed by atoms with Crippen LogP contribution in [0.3, 0.4) is 0 Å². The second-order valence-corrected chi connectivity index (χ2v) is 4.54. The molecule has 0 aromatic carbocycles. The Balaban J connectivity index is 2.88. The van der Waals surface area contributed by atoms with E-state index in [9.17, 15) is 0 Å². The predicted octanol–water partition coefficient (Wildman–Crippen LogP) is 2.35. The number of nitrogens with zero attached hydrogens (tertiary/aromatic N) is 1. The number of hydrogen-bond acceptors (Lipinski definition) is 3. The number of amidine groups is 1. The Morgan fingerprint density at radius 3 is 2.82 bits per heavy atom. The van der Waals surface area contributed by atoms with Crippen molar-refractivity contribution < 1.29 is 0 Å². The number of aryl methyl sites for hydroxylation is 1. The lowest BCUT2D eigenvalue weighted by molar-refractivity contribution is 1.10. The fourth-order valence-electron chi connectivity index (χ4n) is 1.19. The molecule has 3 nitrogen and oxygen atoms in total. The van der Waals surface area contributed by atoms with E-state index in [0.717, 1.165) is 11.3 Å². The average Bonchev–Trinajstić information content (AvgIpc) is 2.74. The molecule has 0 spiro atoms. The maximum Gasteiger partial charge on any atom is 0.131 e. The summed E-state index contributed by atoms with van der Waals surface area (Å²) < 4.78 is 0. The Morgan fingerprint density at radius 1 is 1.53 bits per heavy atom. The van der Waals surface area contributed by atoms with Crippen LogP contribution in [0.1, 0.15) is 10.4 Å². The zero-order valence-electron chi connectivity index (χ0n) is 9.89. The van der Waals surface area contributed by atoms with Gasteiger partial charge < -0.3 is 11.5 Å². The van der Waals surface area contributed by atoms with Gasteiger partial charge in [0.15, 0.2) is 0 Å². The summed E-state index contributed by atoms with van der Waals surface area (Å²) in [6.45, 7) is 5.98. The summed E-state index contributed by atoms with van der Waals surface area (Å²) in [4.78, 5) is 5.51. The Bertz CT molecular complexity index is 467. The molecule has 0 atom stereocenters. The van der Waals surface area contributed by atoms with Gasteiger partial charge in [-0.3, -0.25) is 0 Å². The number of aliphatic imine (C=N–C) groups is 1. The standard InChI is InChI=1S/C13H17N3S/c1-3-4-5-6-12(8-14)16-13(15)11-7-10(2)17-9-11/h3-7,9H,1,8,14H2,2H3,(H2,15,16)/b5-4-,12-6+. The van der Waals surface area contributed by atoms with E-state index in [-0.39, 0.29) is 0 Å². The fraction of sp³-hybridized carbons (Fsp3) is 0.154. The highest BCUT2D eigenvalue weighted by atomic mass is 32.1. The van der Waals surface area contributed by atoms with Gasteiger partial charge >= 0.3 is 0 Å². The van der Waals surface area contributed by atoms with Gasteiger partial charge in [0, 0.05) is 22.4 Å². The minimum absolute atomic E-state index is 0.352. The van der Waals surface area contributed by atoms with Crippen LogP contribution in [0.25, 0.3) is 0 Å². The molecule has 1 aromatic heterocycles. The van der Waals surface area contributed by atoms with Crippen molar-refractivity contribution in [3.8, 4) is 0 Å². The molecule has 1 rings (SSSR count). The Kier molecular flexibility index (Phi) is 5.39. The summed E-state index contributed by atoms with van der Waals surface area (Å²) in [7, 11) is 0. The molecule has 0 aliphatic heterocycles. The lowest BCUT2D eigenvalue weighted by atomic mass is 10.3. The topological polar surface area (TPSA) is 64.4 Å². The van der Waals surface area contributed by atoms with Crippen LogP contribution in [0.5, 0.6) is 0 Å². The van der Waals surface area contributed by atoms with Crippen molar-refractivity contribution in [2.24, 2.45) is 16.5 Å². The Labute approximate surface area is 106 Å². The van der Waals surface area contributed by atoms with Gasteiger partial charge in [-0.2, -0.15) is 0 Å². The van der Waals surface area contributed by atoms with Crippen molar-refractivity contribution in [1.82, 2.24) is 0 Å². The maximum absolute atomic E-state index is 5.91. The molecule has 1 heterocycles. The smallest absolute Gasteiger partial charge is 0.131 e. The summed E-state index contributed by atoms with van der Waals surface area (Å²) in [5.74, 6) is 0.498. The van der Waals surface area contributed by atoms with Crippen molar-refractivity contribution in [3.63, 3.8) is 0 Å². The SMILES string of the molecule is C=C/C=C\C=C(/CN)N=C(N)c1csc(C)c1. The molecule has 90 valence electrons. The van der Waals surface area contributed by atoms with Crippen LogP contribution >= 0.6 is 11.3 Å². The molecule has 17 heavy (non-hydrogen) atoms. The lowest BCUT2D eigenvalue weighted by Crippen LogP contribution is -2.14. The normalized spacial score (nSPS) is 13.3. The molecule has 0 fully saturated rings. The van der Waals surface area contributed by atoms with E-state index < -0.39 is 0 Å². The highest BCUT2D eigenvalue weighted by Gasteiger charge is 2.01. The van der Waals surface area contributed by atoms with E-state index in [2.05, 4.69) is 11.6 Å². The van der Waals surface area contributed by atoms with E-state index in [0.29, 0.717) is 12.4 Å². The van der Waals surface area contributed by atoms with Gasteiger partial charge in [0.25, 0.3) is 0 Å². The molecule has 0 aliphatic rings. The third-order valence-corrected chi connectivity index (χ3v) is 2.90. The second kappa shape index (κ2) is 6.83. The molecule has 0 unspecified atom stereocenters. The van der Waals surface area contributed by atoms with Crippen LogP contribution in [-0.2, 0) is 0 Å². The van der Waals surface area contributed by atoms with Gasteiger partial charge in [-0.15, -0.1) is 11.3 Å². The maximum atomic E-state index is 5.91. The number of nitrogens with two attached hydrogens (primary N) is 2. The zero-order chi connectivity index (χ0) is 12.7. The summed E-state index contributed by atoms with van der Waals surface area (Å²) in [5.41, 5.74) is 13.2. The van der Waals surface area contributed by atoms with Gasteiger partial charge in [0.1, 0.15) is 5.84 Å². The molecule has 0 radical (unpaired) electrons. The van der Waals surface area contributed by atoms with Gasteiger partial charge in [-0.25, -0.2) is 4.99 Å². The summed E-state index contributed by atoms with van der Waals surface area (Å²) in [6.07, 6.45) is 7.18. The van der Waals surface area contributed by atoms with Crippen LogP contribution in [0, 0.1) is 6.92 Å². The van der Waals surface area contributed by atoms with Gasteiger partial charge in [-0.05, 0) is 19.1 Å². The zero-order valence-corrected chi connectivity index (χ0v) is 10.7. The summed E-state index contributed by atoms with van der Waals surface area (Å²) >= 11 is 1.65. The molecule has 1 aromatic rings. The van der Waals surface area contributed by atoms with Crippen LogP contribution in [0.15, 0.2) is 53.0 Å². The molecule has 4 N–H and O–H groups in total. The minimum Gasteiger partial charge on any atom is -0.383 e. The molecular formula is C13H17N3S. The molecular weight excluding hydrogens is 230 g/mol. The van der Waals surface area contributed by atoms with Gasteiger partial charge in [0.2, 0.25) is 0 Å². The van der Waals surface area contributed by atoms with Crippen molar-refractivity contribution in [2.45, 2.75) is 6.92 Å². The van der Waals surface area contributed by atoms with Crippen LogP contribution < -0.4 is 11.5 Å². The quantitative estimate of drug-likeness (QED) is 0.476. The first-order valence-electron chi connectivity index (χ1n) is 5.25. The predicted molar refractivity (Wildman–Crippen MR) is 76.3 cm³/mol. The van der Waals surface area contributed by atoms with Gasteiger partial charge in [0.05, 0.1) is 5.70 Å². The molecule has 0 bridgehead atoms. The minimum atomic E-state index is 0.352.